The Balaban J connectivity index is 1.78. The molecule has 0 saturated carbocycles. The van der Waals surface area contributed by atoms with Crippen LogP contribution in [0.2, 0.25) is 0 Å². The zero-order chi connectivity index (χ0) is 10.1. The molecule has 1 saturated heterocycles. The summed E-state index contributed by atoms with van der Waals surface area (Å²) < 4.78 is 0. The minimum Gasteiger partial charge on any atom is -0.361 e. The molecule has 2 aromatic rings. The molecular weight excluding hydrogens is 184 g/mol. The van der Waals surface area contributed by atoms with Gasteiger partial charge < -0.3 is 10.3 Å². The number of H-pyrrole nitrogens is 1. The van der Waals surface area contributed by atoms with Crippen molar-refractivity contribution in [2.75, 3.05) is 13.1 Å². The van der Waals surface area contributed by atoms with Crippen molar-refractivity contribution in [2.45, 2.75) is 12.8 Å². The average molecular weight is 200 g/mol. The molecule has 1 aliphatic heterocycles. The molecule has 78 valence electrons. The van der Waals surface area contributed by atoms with Crippen molar-refractivity contribution in [1.82, 2.24) is 10.3 Å². The molecule has 0 bridgehead atoms. The van der Waals surface area contributed by atoms with Crippen molar-refractivity contribution in [1.29, 1.82) is 0 Å². The predicted octanol–water partition coefficient (Wildman–Crippen LogP) is 2.32. The Labute approximate surface area is 89.7 Å². The van der Waals surface area contributed by atoms with E-state index >= 15 is 0 Å². The topological polar surface area (TPSA) is 27.8 Å². The standard InChI is InChI=1S/C13H16N2/c1-2-4-13-12(3-1)11(9-15-13)6-5-10-7-14-8-10/h1-4,9-10,14-15H,5-8H2. The Hall–Kier alpha value is -1.28. The van der Waals surface area contributed by atoms with Gasteiger partial charge in [-0.05, 0) is 43.5 Å². The number of hydrogen-bond donors (Lipinski definition) is 2. The SMILES string of the molecule is c1ccc2c(CCC3CNC3)c[nH]c2c1. The van der Waals surface area contributed by atoms with Gasteiger partial charge in [0.15, 0.2) is 0 Å². The van der Waals surface area contributed by atoms with Gasteiger partial charge in [0.1, 0.15) is 0 Å². The highest BCUT2D eigenvalue weighted by atomic mass is 14.9. The Morgan fingerprint density at radius 3 is 2.87 bits per heavy atom. The van der Waals surface area contributed by atoms with Gasteiger partial charge in [-0.1, -0.05) is 18.2 Å². The number of para-hydroxylation sites is 1. The van der Waals surface area contributed by atoms with Gasteiger partial charge in [0.25, 0.3) is 0 Å². The van der Waals surface area contributed by atoms with Gasteiger partial charge in [0.05, 0.1) is 0 Å². The molecular formula is C13H16N2. The van der Waals surface area contributed by atoms with Gasteiger partial charge in [-0.3, -0.25) is 0 Å². The highest BCUT2D eigenvalue weighted by Crippen LogP contribution is 2.21. The summed E-state index contributed by atoms with van der Waals surface area (Å²) in [5.41, 5.74) is 2.73. The predicted molar refractivity (Wildman–Crippen MR) is 63.0 cm³/mol. The third-order valence-electron chi connectivity index (χ3n) is 3.36. The number of benzene rings is 1. The first-order valence-corrected chi connectivity index (χ1v) is 5.69. The largest absolute Gasteiger partial charge is 0.361 e. The molecule has 0 aliphatic carbocycles. The fourth-order valence-corrected chi connectivity index (χ4v) is 2.25. The van der Waals surface area contributed by atoms with E-state index in [2.05, 4.69) is 40.8 Å². The van der Waals surface area contributed by atoms with Gasteiger partial charge in [-0.15, -0.1) is 0 Å². The maximum absolute atomic E-state index is 3.33. The summed E-state index contributed by atoms with van der Waals surface area (Å²) in [6, 6.07) is 8.55. The smallest absolute Gasteiger partial charge is 0.0456 e. The molecule has 1 fully saturated rings. The lowest BCUT2D eigenvalue weighted by Gasteiger charge is -2.26. The van der Waals surface area contributed by atoms with Crippen LogP contribution in [-0.4, -0.2) is 18.1 Å². The molecule has 2 N–H and O–H groups in total. The molecule has 0 radical (unpaired) electrons. The van der Waals surface area contributed by atoms with Crippen molar-refractivity contribution in [3.63, 3.8) is 0 Å². The van der Waals surface area contributed by atoms with E-state index < -0.39 is 0 Å². The van der Waals surface area contributed by atoms with Crippen LogP contribution in [0.4, 0.5) is 0 Å². The molecule has 1 aromatic heterocycles. The van der Waals surface area contributed by atoms with Crippen LogP contribution in [-0.2, 0) is 6.42 Å². The number of rotatable bonds is 3. The molecule has 1 aliphatic rings. The second kappa shape index (κ2) is 3.70. The van der Waals surface area contributed by atoms with Crippen LogP contribution in [0.15, 0.2) is 30.5 Å². The summed E-state index contributed by atoms with van der Waals surface area (Å²) in [5.74, 6) is 0.902. The van der Waals surface area contributed by atoms with Crippen molar-refractivity contribution < 1.29 is 0 Å². The first kappa shape index (κ1) is 8.98. The van der Waals surface area contributed by atoms with Crippen molar-refractivity contribution in [3.8, 4) is 0 Å². The van der Waals surface area contributed by atoms with E-state index in [-0.39, 0.29) is 0 Å². The van der Waals surface area contributed by atoms with Gasteiger partial charge in [-0.25, -0.2) is 0 Å². The third-order valence-corrected chi connectivity index (χ3v) is 3.36. The van der Waals surface area contributed by atoms with E-state index in [0.717, 1.165) is 5.92 Å². The molecule has 15 heavy (non-hydrogen) atoms. The Morgan fingerprint density at radius 2 is 2.07 bits per heavy atom. The zero-order valence-corrected chi connectivity index (χ0v) is 8.79. The Morgan fingerprint density at radius 1 is 1.20 bits per heavy atom. The van der Waals surface area contributed by atoms with E-state index in [0.29, 0.717) is 0 Å². The van der Waals surface area contributed by atoms with E-state index in [4.69, 9.17) is 0 Å². The maximum atomic E-state index is 3.33. The van der Waals surface area contributed by atoms with Crippen molar-refractivity contribution in [2.24, 2.45) is 5.92 Å². The second-order valence-corrected chi connectivity index (χ2v) is 4.42. The quantitative estimate of drug-likeness (QED) is 0.782. The Bertz CT molecular complexity index is 454. The third kappa shape index (κ3) is 1.65. The number of aromatic amines is 1. The van der Waals surface area contributed by atoms with Crippen LogP contribution in [0.5, 0.6) is 0 Å². The average Bonchev–Trinajstić information content (AvgIpc) is 2.60. The number of fused-ring (bicyclic) bond motifs is 1. The Kier molecular flexibility index (Phi) is 2.22. The highest BCUT2D eigenvalue weighted by Gasteiger charge is 2.16. The first-order valence-electron chi connectivity index (χ1n) is 5.69. The lowest BCUT2D eigenvalue weighted by atomic mass is 9.95. The molecule has 0 atom stereocenters. The fraction of sp³-hybridized carbons (Fsp3) is 0.385. The lowest BCUT2D eigenvalue weighted by Crippen LogP contribution is -2.42. The van der Waals surface area contributed by atoms with Crippen molar-refractivity contribution >= 4 is 10.9 Å². The number of nitrogens with one attached hydrogen (secondary N) is 2. The van der Waals surface area contributed by atoms with Crippen molar-refractivity contribution in [3.05, 3.63) is 36.0 Å². The van der Waals surface area contributed by atoms with Crippen LogP contribution in [0.25, 0.3) is 10.9 Å². The maximum Gasteiger partial charge on any atom is 0.0456 e. The highest BCUT2D eigenvalue weighted by molar-refractivity contribution is 5.82. The summed E-state index contributed by atoms with van der Waals surface area (Å²) in [5, 5.41) is 4.71. The van der Waals surface area contributed by atoms with Crippen LogP contribution in [0, 0.1) is 5.92 Å². The van der Waals surface area contributed by atoms with Gasteiger partial charge in [0.2, 0.25) is 0 Å². The number of hydrogen-bond acceptors (Lipinski definition) is 1. The summed E-state index contributed by atoms with van der Waals surface area (Å²) in [6.07, 6.45) is 4.68. The van der Waals surface area contributed by atoms with Gasteiger partial charge in [0, 0.05) is 17.1 Å². The van der Waals surface area contributed by atoms with Crippen LogP contribution in [0.3, 0.4) is 0 Å². The zero-order valence-electron chi connectivity index (χ0n) is 8.79. The summed E-state index contributed by atoms with van der Waals surface area (Å²) in [4.78, 5) is 3.33. The molecule has 0 amide bonds. The lowest BCUT2D eigenvalue weighted by molar-refractivity contribution is 0.328. The minimum absolute atomic E-state index is 0.902. The van der Waals surface area contributed by atoms with Crippen LogP contribution < -0.4 is 5.32 Å². The molecule has 3 rings (SSSR count). The van der Waals surface area contributed by atoms with E-state index in [1.165, 1.54) is 42.4 Å². The van der Waals surface area contributed by atoms with E-state index in [9.17, 15) is 0 Å². The van der Waals surface area contributed by atoms with Gasteiger partial charge >= 0.3 is 0 Å². The molecule has 2 nitrogen and oxygen atoms in total. The molecule has 0 unspecified atom stereocenters. The molecule has 2 heterocycles. The van der Waals surface area contributed by atoms with E-state index in [1.54, 1.807) is 0 Å². The summed E-state index contributed by atoms with van der Waals surface area (Å²) >= 11 is 0. The number of aromatic nitrogens is 1. The summed E-state index contributed by atoms with van der Waals surface area (Å²) in [6.45, 7) is 2.42. The van der Waals surface area contributed by atoms with E-state index in [1.807, 2.05) is 0 Å². The first-order chi connectivity index (χ1) is 7.43. The van der Waals surface area contributed by atoms with Gasteiger partial charge in [-0.2, -0.15) is 0 Å². The molecule has 0 spiro atoms. The normalized spacial score (nSPS) is 16.8. The van der Waals surface area contributed by atoms with Crippen LogP contribution in [0.1, 0.15) is 12.0 Å². The number of aryl methyl sites for hydroxylation is 1. The minimum atomic E-state index is 0.902. The molecule has 1 aromatic carbocycles. The second-order valence-electron chi connectivity index (χ2n) is 4.42. The summed E-state index contributed by atoms with van der Waals surface area (Å²) in [7, 11) is 0. The molecule has 2 heteroatoms. The monoisotopic (exact) mass is 200 g/mol. The fourth-order valence-electron chi connectivity index (χ4n) is 2.25. The van der Waals surface area contributed by atoms with Crippen LogP contribution >= 0.6 is 0 Å².